The van der Waals surface area contributed by atoms with Gasteiger partial charge in [0.2, 0.25) is 10.0 Å². The lowest BCUT2D eigenvalue weighted by molar-refractivity contribution is 0.0951. The largest absolute Gasteiger partial charge is 0.352 e. The first-order chi connectivity index (χ1) is 8.36. The quantitative estimate of drug-likeness (QED) is 0.869. The van der Waals surface area contributed by atoms with Gasteiger partial charge in [0, 0.05) is 16.6 Å². The number of hydrogen-bond donors (Lipinski definition) is 2. The van der Waals surface area contributed by atoms with Crippen LogP contribution in [0.1, 0.15) is 23.2 Å². The third-order valence-electron chi connectivity index (χ3n) is 2.71. The van der Waals surface area contributed by atoms with Crippen LogP contribution in [0.4, 0.5) is 0 Å². The van der Waals surface area contributed by atoms with Crippen LogP contribution in [0.25, 0.3) is 0 Å². The molecule has 0 spiro atoms. The normalized spacial score (nSPS) is 15.4. The SMILES string of the molecule is NS(=O)(=O)c1cc(Br)cc(C(=O)NCC2CC2)c1. The maximum Gasteiger partial charge on any atom is 0.251 e. The van der Waals surface area contributed by atoms with E-state index in [2.05, 4.69) is 21.2 Å². The number of benzene rings is 1. The van der Waals surface area contributed by atoms with E-state index in [9.17, 15) is 13.2 Å². The summed E-state index contributed by atoms with van der Waals surface area (Å²) in [5, 5.41) is 7.82. The number of nitrogens with one attached hydrogen (secondary N) is 1. The number of carbonyl (C=O) groups excluding carboxylic acids is 1. The monoisotopic (exact) mass is 332 g/mol. The molecule has 7 heteroatoms. The molecule has 1 aromatic carbocycles. The van der Waals surface area contributed by atoms with E-state index in [4.69, 9.17) is 5.14 Å². The number of nitrogens with two attached hydrogens (primary N) is 1. The minimum absolute atomic E-state index is 0.0755. The first kappa shape index (κ1) is 13.5. The predicted molar refractivity (Wildman–Crippen MR) is 70.6 cm³/mol. The summed E-state index contributed by atoms with van der Waals surface area (Å²) >= 11 is 3.17. The molecule has 1 aromatic rings. The van der Waals surface area contributed by atoms with Gasteiger partial charge >= 0.3 is 0 Å². The van der Waals surface area contributed by atoms with Gasteiger partial charge < -0.3 is 5.32 Å². The van der Waals surface area contributed by atoms with Crippen LogP contribution in [0.5, 0.6) is 0 Å². The molecule has 0 heterocycles. The first-order valence-corrected chi connectivity index (χ1v) is 7.82. The summed E-state index contributed by atoms with van der Waals surface area (Å²) in [7, 11) is -3.81. The van der Waals surface area contributed by atoms with Gasteiger partial charge in [-0.3, -0.25) is 4.79 Å². The van der Waals surface area contributed by atoms with E-state index < -0.39 is 10.0 Å². The summed E-state index contributed by atoms with van der Waals surface area (Å²) in [5.41, 5.74) is 0.286. The Morgan fingerprint density at radius 1 is 1.39 bits per heavy atom. The zero-order chi connectivity index (χ0) is 13.3. The third-order valence-corrected chi connectivity index (χ3v) is 4.06. The molecule has 98 valence electrons. The molecular formula is C11H13BrN2O3S. The molecule has 1 amide bonds. The Kier molecular flexibility index (Phi) is 3.74. The number of halogens is 1. The van der Waals surface area contributed by atoms with Gasteiger partial charge in [-0.05, 0) is 37.0 Å². The molecule has 18 heavy (non-hydrogen) atoms. The van der Waals surface area contributed by atoms with Crippen LogP contribution in [0.2, 0.25) is 0 Å². The Labute approximate surface area is 114 Å². The maximum atomic E-state index is 11.8. The number of hydrogen-bond acceptors (Lipinski definition) is 3. The zero-order valence-corrected chi connectivity index (χ0v) is 11.9. The Bertz CT molecular complexity index is 582. The van der Waals surface area contributed by atoms with E-state index in [0.29, 0.717) is 16.9 Å². The van der Waals surface area contributed by atoms with Gasteiger partial charge in [0.05, 0.1) is 4.90 Å². The van der Waals surface area contributed by atoms with Crippen molar-refractivity contribution in [3.63, 3.8) is 0 Å². The van der Waals surface area contributed by atoms with Crippen LogP contribution in [0.15, 0.2) is 27.6 Å². The van der Waals surface area contributed by atoms with Crippen molar-refractivity contribution in [1.29, 1.82) is 0 Å². The second-order valence-corrected chi connectivity index (χ2v) is 6.85. The van der Waals surface area contributed by atoms with E-state index in [1.54, 1.807) is 6.07 Å². The van der Waals surface area contributed by atoms with Crippen molar-refractivity contribution in [3.8, 4) is 0 Å². The molecule has 0 atom stereocenters. The Morgan fingerprint density at radius 3 is 2.61 bits per heavy atom. The van der Waals surface area contributed by atoms with Crippen molar-refractivity contribution in [2.24, 2.45) is 11.1 Å². The minimum atomic E-state index is -3.81. The second kappa shape index (κ2) is 4.99. The highest BCUT2D eigenvalue weighted by atomic mass is 79.9. The molecule has 3 N–H and O–H groups in total. The summed E-state index contributed by atoms with van der Waals surface area (Å²) in [6.07, 6.45) is 2.28. The van der Waals surface area contributed by atoms with Gasteiger partial charge in [-0.25, -0.2) is 13.6 Å². The van der Waals surface area contributed by atoms with Crippen LogP contribution in [-0.4, -0.2) is 20.9 Å². The van der Waals surface area contributed by atoms with Crippen molar-refractivity contribution < 1.29 is 13.2 Å². The summed E-state index contributed by atoms with van der Waals surface area (Å²) in [6, 6.07) is 4.21. The topological polar surface area (TPSA) is 89.3 Å². The maximum absolute atomic E-state index is 11.8. The molecule has 1 fully saturated rings. The lowest BCUT2D eigenvalue weighted by Gasteiger charge is -2.06. The zero-order valence-electron chi connectivity index (χ0n) is 9.52. The number of carbonyl (C=O) groups is 1. The molecule has 1 aliphatic rings. The summed E-state index contributed by atoms with van der Waals surface area (Å²) < 4.78 is 23.0. The van der Waals surface area contributed by atoms with E-state index in [1.807, 2.05) is 0 Å². The molecule has 0 aliphatic heterocycles. The number of sulfonamides is 1. The molecule has 5 nitrogen and oxygen atoms in total. The smallest absolute Gasteiger partial charge is 0.251 e. The number of amides is 1. The van der Waals surface area contributed by atoms with Gasteiger partial charge in [-0.1, -0.05) is 15.9 Å². The van der Waals surface area contributed by atoms with Crippen molar-refractivity contribution in [3.05, 3.63) is 28.2 Å². The average Bonchev–Trinajstić information content (AvgIpc) is 3.07. The second-order valence-electron chi connectivity index (χ2n) is 4.37. The average molecular weight is 333 g/mol. The van der Waals surface area contributed by atoms with Crippen LogP contribution in [0.3, 0.4) is 0 Å². The standard InChI is InChI=1S/C11H13BrN2O3S/c12-9-3-8(4-10(5-9)18(13,16)17)11(15)14-6-7-1-2-7/h3-5,7H,1-2,6H2,(H,14,15)(H2,13,16,17). The summed E-state index contributed by atoms with van der Waals surface area (Å²) in [6.45, 7) is 0.635. The number of primary sulfonamides is 1. The van der Waals surface area contributed by atoms with E-state index in [0.717, 1.165) is 12.8 Å². The van der Waals surface area contributed by atoms with Crippen molar-refractivity contribution in [1.82, 2.24) is 5.32 Å². The van der Waals surface area contributed by atoms with Crippen LogP contribution < -0.4 is 10.5 Å². The molecule has 0 unspecified atom stereocenters. The van der Waals surface area contributed by atoms with Gasteiger partial charge in [0.1, 0.15) is 0 Å². The molecule has 0 saturated heterocycles. The molecule has 1 saturated carbocycles. The van der Waals surface area contributed by atoms with Crippen LogP contribution in [-0.2, 0) is 10.0 Å². The fraction of sp³-hybridized carbons (Fsp3) is 0.364. The van der Waals surface area contributed by atoms with Crippen molar-refractivity contribution >= 4 is 31.9 Å². The van der Waals surface area contributed by atoms with Crippen molar-refractivity contribution in [2.75, 3.05) is 6.54 Å². The fourth-order valence-corrected chi connectivity index (χ4v) is 2.75. The van der Waals surface area contributed by atoms with Gasteiger partial charge in [0.15, 0.2) is 0 Å². The molecule has 1 aliphatic carbocycles. The molecule has 2 rings (SSSR count). The van der Waals surface area contributed by atoms with Crippen molar-refractivity contribution in [2.45, 2.75) is 17.7 Å². The van der Waals surface area contributed by atoms with E-state index in [1.165, 1.54) is 12.1 Å². The minimum Gasteiger partial charge on any atom is -0.352 e. The Morgan fingerprint density at radius 2 is 2.06 bits per heavy atom. The highest BCUT2D eigenvalue weighted by Crippen LogP contribution is 2.27. The highest BCUT2D eigenvalue weighted by molar-refractivity contribution is 9.10. The summed E-state index contributed by atoms with van der Waals surface area (Å²) in [4.78, 5) is 11.8. The lowest BCUT2D eigenvalue weighted by Crippen LogP contribution is -2.26. The molecule has 0 aromatic heterocycles. The summed E-state index contributed by atoms with van der Waals surface area (Å²) in [5.74, 6) is 0.284. The van der Waals surface area contributed by atoms with Gasteiger partial charge in [-0.15, -0.1) is 0 Å². The molecule has 0 bridgehead atoms. The first-order valence-electron chi connectivity index (χ1n) is 5.48. The number of rotatable bonds is 4. The molecular weight excluding hydrogens is 320 g/mol. The Hall–Kier alpha value is -0.920. The van der Waals surface area contributed by atoms with Crippen LogP contribution in [0, 0.1) is 5.92 Å². The van der Waals surface area contributed by atoms with Gasteiger partial charge in [-0.2, -0.15) is 0 Å². The lowest BCUT2D eigenvalue weighted by atomic mass is 10.2. The van der Waals surface area contributed by atoms with E-state index >= 15 is 0 Å². The van der Waals surface area contributed by atoms with Gasteiger partial charge in [0.25, 0.3) is 5.91 Å². The van der Waals surface area contributed by atoms with Crippen LogP contribution >= 0.6 is 15.9 Å². The highest BCUT2D eigenvalue weighted by Gasteiger charge is 2.22. The fourth-order valence-electron chi connectivity index (χ4n) is 1.52. The molecule has 0 radical (unpaired) electrons. The van der Waals surface area contributed by atoms with E-state index in [-0.39, 0.29) is 16.4 Å². The predicted octanol–water partition coefficient (Wildman–Crippen LogP) is 1.24. The Balaban J connectivity index is 2.21. The third kappa shape index (κ3) is 3.54.